The number of imidazole rings is 1. The third-order valence-corrected chi connectivity index (χ3v) is 3.69. The van der Waals surface area contributed by atoms with E-state index in [0.717, 1.165) is 0 Å². The first-order valence-electron chi connectivity index (χ1n) is 5.18. The van der Waals surface area contributed by atoms with Crippen LogP contribution < -0.4 is 4.72 Å². The quantitative estimate of drug-likeness (QED) is 0.738. The van der Waals surface area contributed by atoms with Crippen molar-refractivity contribution >= 4 is 10.0 Å². The number of aromatic nitrogens is 2. The van der Waals surface area contributed by atoms with Crippen LogP contribution in [0.25, 0.3) is 0 Å². The SMILES string of the molecule is CC[C@@H](CO)NS(=O)(=O)c1cn(CC)cn1. The van der Waals surface area contributed by atoms with Crippen molar-refractivity contribution < 1.29 is 13.5 Å². The highest BCUT2D eigenvalue weighted by Crippen LogP contribution is 2.06. The summed E-state index contributed by atoms with van der Waals surface area (Å²) >= 11 is 0. The molecule has 0 saturated heterocycles. The van der Waals surface area contributed by atoms with Gasteiger partial charge in [0.1, 0.15) is 0 Å². The van der Waals surface area contributed by atoms with E-state index in [1.54, 1.807) is 11.5 Å². The van der Waals surface area contributed by atoms with E-state index in [4.69, 9.17) is 5.11 Å². The molecule has 0 fully saturated rings. The number of aryl methyl sites for hydroxylation is 1. The first kappa shape index (κ1) is 13.1. The van der Waals surface area contributed by atoms with Crippen molar-refractivity contribution in [3.8, 4) is 0 Å². The highest BCUT2D eigenvalue weighted by molar-refractivity contribution is 7.89. The van der Waals surface area contributed by atoms with Gasteiger partial charge in [-0.3, -0.25) is 0 Å². The molecule has 7 heteroatoms. The van der Waals surface area contributed by atoms with Crippen molar-refractivity contribution in [2.75, 3.05) is 6.61 Å². The lowest BCUT2D eigenvalue weighted by atomic mass is 10.3. The molecule has 1 atom stereocenters. The molecule has 0 aliphatic heterocycles. The monoisotopic (exact) mass is 247 g/mol. The molecule has 0 aromatic carbocycles. The topological polar surface area (TPSA) is 84.2 Å². The lowest BCUT2D eigenvalue weighted by molar-refractivity contribution is 0.253. The standard InChI is InChI=1S/C9H17N3O3S/c1-3-8(6-13)11-16(14,15)9-5-12(4-2)7-10-9/h5,7-8,11,13H,3-4,6H2,1-2H3/t8-/m0/s1. The third kappa shape index (κ3) is 3.03. The van der Waals surface area contributed by atoms with Gasteiger partial charge in [0.25, 0.3) is 10.0 Å². The largest absolute Gasteiger partial charge is 0.395 e. The van der Waals surface area contributed by atoms with Crippen LogP contribution in [0.5, 0.6) is 0 Å². The van der Waals surface area contributed by atoms with Crippen LogP contribution in [0.1, 0.15) is 20.3 Å². The molecule has 1 aromatic rings. The summed E-state index contributed by atoms with van der Waals surface area (Å²) in [5.74, 6) is 0. The van der Waals surface area contributed by atoms with Gasteiger partial charge in [-0.25, -0.2) is 18.1 Å². The molecule has 2 N–H and O–H groups in total. The summed E-state index contributed by atoms with van der Waals surface area (Å²) in [4.78, 5) is 3.81. The van der Waals surface area contributed by atoms with E-state index in [0.29, 0.717) is 13.0 Å². The molecule has 92 valence electrons. The van der Waals surface area contributed by atoms with Crippen LogP contribution in [0.15, 0.2) is 17.6 Å². The van der Waals surface area contributed by atoms with E-state index in [9.17, 15) is 8.42 Å². The Morgan fingerprint density at radius 2 is 2.25 bits per heavy atom. The molecule has 0 spiro atoms. The Morgan fingerprint density at radius 3 is 2.69 bits per heavy atom. The summed E-state index contributed by atoms with van der Waals surface area (Å²) in [5, 5.41) is 8.92. The van der Waals surface area contributed by atoms with E-state index < -0.39 is 16.1 Å². The number of nitrogens with zero attached hydrogens (tertiary/aromatic N) is 2. The number of sulfonamides is 1. The molecule has 0 saturated carbocycles. The van der Waals surface area contributed by atoms with Gasteiger partial charge in [0.05, 0.1) is 12.9 Å². The van der Waals surface area contributed by atoms with Crippen LogP contribution >= 0.6 is 0 Å². The number of hydrogen-bond acceptors (Lipinski definition) is 4. The smallest absolute Gasteiger partial charge is 0.259 e. The second-order valence-electron chi connectivity index (χ2n) is 3.45. The minimum atomic E-state index is -3.61. The molecule has 1 heterocycles. The maximum atomic E-state index is 11.8. The van der Waals surface area contributed by atoms with Crippen LogP contribution in [0.4, 0.5) is 0 Å². The molecule has 0 unspecified atom stereocenters. The average Bonchev–Trinajstić information content (AvgIpc) is 2.75. The number of aliphatic hydroxyl groups is 1. The Hall–Kier alpha value is -0.920. The fourth-order valence-corrected chi connectivity index (χ4v) is 2.44. The fourth-order valence-electron chi connectivity index (χ4n) is 1.18. The molecule has 1 rings (SSSR count). The zero-order valence-corrected chi connectivity index (χ0v) is 10.2. The van der Waals surface area contributed by atoms with Gasteiger partial charge in [0.2, 0.25) is 0 Å². The Bertz CT molecular complexity index is 423. The van der Waals surface area contributed by atoms with E-state index in [-0.39, 0.29) is 11.6 Å². The zero-order chi connectivity index (χ0) is 12.2. The van der Waals surface area contributed by atoms with Crippen LogP contribution in [0, 0.1) is 0 Å². The number of nitrogens with one attached hydrogen (secondary N) is 1. The Balaban J connectivity index is 2.85. The molecular formula is C9H17N3O3S. The van der Waals surface area contributed by atoms with Gasteiger partial charge in [-0.15, -0.1) is 0 Å². The van der Waals surface area contributed by atoms with Crippen LogP contribution in [0.3, 0.4) is 0 Å². The van der Waals surface area contributed by atoms with Crippen molar-refractivity contribution in [1.29, 1.82) is 0 Å². The van der Waals surface area contributed by atoms with Gasteiger partial charge in [0, 0.05) is 18.8 Å². The van der Waals surface area contributed by atoms with Gasteiger partial charge in [0.15, 0.2) is 5.03 Å². The second kappa shape index (κ2) is 5.42. The maximum Gasteiger partial charge on any atom is 0.259 e. The first-order chi connectivity index (χ1) is 7.53. The third-order valence-electron chi connectivity index (χ3n) is 2.29. The molecular weight excluding hydrogens is 230 g/mol. The van der Waals surface area contributed by atoms with Gasteiger partial charge in [-0.1, -0.05) is 6.92 Å². The normalized spacial score (nSPS) is 13.9. The van der Waals surface area contributed by atoms with Crippen molar-refractivity contribution in [2.45, 2.75) is 37.9 Å². The summed E-state index contributed by atoms with van der Waals surface area (Å²) in [6.45, 7) is 4.14. The molecule has 1 aromatic heterocycles. The predicted octanol–water partition coefficient (Wildman–Crippen LogP) is -0.0478. The maximum absolute atomic E-state index is 11.8. The Labute approximate surface area is 95.4 Å². The van der Waals surface area contributed by atoms with Crippen molar-refractivity contribution in [3.05, 3.63) is 12.5 Å². The summed E-state index contributed by atoms with van der Waals surface area (Å²) in [6, 6.07) is -0.461. The second-order valence-corrected chi connectivity index (χ2v) is 5.11. The predicted molar refractivity (Wildman–Crippen MR) is 59.4 cm³/mol. The molecule has 16 heavy (non-hydrogen) atoms. The van der Waals surface area contributed by atoms with Crippen molar-refractivity contribution in [3.63, 3.8) is 0 Å². The fraction of sp³-hybridized carbons (Fsp3) is 0.667. The van der Waals surface area contributed by atoms with Gasteiger partial charge in [-0.2, -0.15) is 0 Å². The number of aliphatic hydroxyl groups excluding tert-OH is 1. The average molecular weight is 247 g/mol. The highest BCUT2D eigenvalue weighted by atomic mass is 32.2. The minimum Gasteiger partial charge on any atom is -0.395 e. The van der Waals surface area contributed by atoms with Crippen LogP contribution in [-0.2, 0) is 16.6 Å². The van der Waals surface area contributed by atoms with E-state index in [1.807, 2.05) is 6.92 Å². The summed E-state index contributed by atoms with van der Waals surface area (Å²) in [7, 11) is -3.61. The van der Waals surface area contributed by atoms with Gasteiger partial charge in [-0.05, 0) is 13.3 Å². The summed E-state index contributed by atoms with van der Waals surface area (Å²) < 4.78 is 27.7. The molecule has 0 radical (unpaired) electrons. The van der Waals surface area contributed by atoms with E-state index >= 15 is 0 Å². The zero-order valence-electron chi connectivity index (χ0n) is 9.42. The lowest BCUT2D eigenvalue weighted by Gasteiger charge is -2.12. The van der Waals surface area contributed by atoms with Crippen LogP contribution in [-0.4, -0.2) is 35.7 Å². The van der Waals surface area contributed by atoms with Gasteiger partial charge >= 0.3 is 0 Å². The molecule has 0 aliphatic carbocycles. The molecule has 0 aliphatic rings. The highest BCUT2D eigenvalue weighted by Gasteiger charge is 2.20. The minimum absolute atomic E-state index is 0.0127. The number of hydrogen-bond donors (Lipinski definition) is 2. The Kier molecular flexibility index (Phi) is 4.45. The van der Waals surface area contributed by atoms with Crippen molar-refractivity contribution in [2.24, 2.45) is 0 Å². The van der Waals surface area contributed by atoms with Gasteiger partial charge < -0.3 is 9.67 Å². The van der Waals surface area contributed by atoms with Crippen molar-refractivity contribution in [1.82, 2.24) is 14.3 Å². The number of rotatable bonds is 6. The van der Waals surface area contributed by atoms with Crippen LogP contribution in [0.2, 0.25) is 0 Å². The van der Waals surface area contributed by atoms with E-state index in [1.165, 1.54) is 12.5 Å². The molecule has 0 bridgehead atoms. The summed E-state index contributed by atoms with van der Waals surface area (Å²) in [5.41, 5.74) is 0. The first-order valence-corrected chi connectivity index (χ1v) is 6.66. The Morgan fingerprint density at radius 1 is 1.56 bits per heavy atom. The lowest BCUT2D eigenvalue weighted by Crippen LogP contribution is -2.37. The molecule has 6 nitrogen and oxygen atoms in total. The molecule has 0 amide bonds. The van der Waals surface area contributed by atoms with E-state index in [2.05, 4.69) is 9.71 Å². The summed E-state index contributed by atoms with van der Waals surface area (Å²) in [6.07, 6.45) is 3.46.